The zero-order valence-electron chi connectivity index (χ0n) is 10.8. The number of carbonyl (C=O) groups is 2. The maximum atomic E-state index is 12.8. The van der Waals surface area contributed by atoms with Gasteiger partial charge in [0.2, 0.25) is 0 Å². The number of carbonyl (C=O) groups excluding carboxylic acids is 2. The topological polar surface area (TPSA) is 46.2 Å². The first-order valence-corrected chi connectivity index (χ1v) is 7.04. The van der Waals surface area contributed by atoms with Crippen molar-refractivity contribution in [2.45, 2.75) is 11.2 Å². The summed E-state index contributed by atoms with van der Waals surface area (Å²) in [6, 6.07) is 14.4. The molecule has 0 radical (unpaired) electrons. The Hall–Kier alpha value is -1.94. The van der Waals surface area contributed by atoms with Crippen LogP contribution in [0.15, 0.2) is 48.5 Å². The van der Waals surface area contributed by atoms with Gasteiger partial charge in [0.05, 0.1) is 5.69 Å². The molecule has 0 spiro atoms. The molecule has 1 aliphatic rings. The van der Waals surface area contributed by atoms with Crippen LogP contribution in [-0.2, 0) is 9.12 Å². The summed E-state index contributed by atoms with van der Waals surface area (Å²) in [6.45, 7) is 1.92. The number of Topliss-reactive ketones (excluding diaryl/α,β-unsaturated/α-hetero) is 1. The summed E-state index contributed by atoms with van der Waals surface area (Å²) in [4.78, 5) is 25.2. The van der Waals surface area contributed by atoms with Crippen LogP contribution in [0.2, 0.25) is 0 Å². The molecule has 1 N–H and O–H groups in total. The average molecular weight is 330 g/mol. The van der Waals surface area contributed by atoms with Gasteiger partial charge in [0.1, 0.15) is 0 Å². The highest BCUT2D eigenvalue weighted by atomic mass is 79.9. The van der Waals surface area contributed by atoms with E-state index in [2.05, 4.69) is 21.2 Å². The Morgan fingerprint density at radius 1 is 1.05 bits per heavy atom. The molecule has 0 saturated heterocycles. The van der Waals surface area contributed by atoms with Gasteiger partial charge >= 0.3 is 0 Å². The second kappa shape index (κ2) is 4.56. The lowest BCUT2D eigenvalue weighted by atomic mass is 9.85. The molecule has 3 nitrogen and oxygen atoms in total. The number of benzene rings is 2. The van der Waals surface area contributed by atoms with Crippen LogP contribution in [-0.4, -0.2) is 11.7 Å². The molecule has 1 atom stereocenters. The number of aryl methyl sites for hydroxylation is 1. The number of alkyl halides is 1. The molecule has 100 valence electrons. The molecular weight excluding hydrogens is 318 g/mol. The molecule has 1 amide bonds. The molecule has 3 rings (SSSR count). The Bertz CT molecular complexity index is 712. The molecule has 0 saturated carbocycles. The monoisotopic (exact) mass is 329 g/mol. The van der Waals surface area contributed by atoms with Crippen molar-refractivity contribution in [2.75, 3.05) is 5.32 Å². The van der Waals surface area contributed by atoms with Crippen LogP contribution in [0.5, 0.6) is 0 Å². The van der Waals surface area contributed by atoms with E-state index in [1.54, 1.807) is 18.2 Å². The van der Waals surface area contributed by atoms with Crippen molar-refractivity contribution < 1.29 is 9.59 Å². The van der Waals surface area contributed by atoms with Crippen molar-refractivity contribution in [1.82, 2.24) is 0 Å². The van der Waals surface area contributed by atoms with Crippen molar-refractivity contribution in [3.63, 3.8) is 0 Å². The van der Waals surface area contributed by atoms with Crippen molar-refractivity contribution >= 4 is 33.3 Å². The van der Waals surface area contributed by atoms with E-state index in [4.69, 9.17) is 0 Å². The van der Waals surface area contributed by atoms with Crippen molar-refractivity contribution in [1.29, 1.82) is 0 Å². The molecule has 0 bridgehead atoms. The average Bonchev–Trinajstić information content (AvgIpc) is 2.45. The Morgan fingerprint density at radius 3 is 2.45 bits per heavy atom. The Kier molecular flexibility index (Phi) is 2.98. The lowest BCUT2D eigenvalue weighted by Crippen LogP contribution is -2.46. The fourth-order valence-electron chi connectivity index (χ4n) is 2.39. The number of rotatable bonds is 1. The fourth-order valence-corrected chi connectivity index (χ4v) is 2.96. The van der Waals surface area contributed by atoms with Crippen molar-refractivity contribution in [3.05, 3.63) is 65.2 Å². The van der Waals surface area contributed by atoms with Crippen molar-refractivity contribution in [3.8, 4) is 0 Å². The number of anilines is 1. The van der Waals surface area contributed by atoms with E-state index in [-0.39, 0.29) is 11.7 Å². The van der Waals surface area contributed by atoms with E-state index in [9.17, 15) is 9.59 Å². The van der Waals surface area contributed by atoms with E-state index < -0.39 is 4.32 Å². The second-order valence-corrected chi connectivity index (χ2v) is 6.05. The predicted octanol–water partition coefficient (Wildman–Crippen LogP) is 3.42. The van der Waals surface area contributed by atoms with Gasteiger partial charge in [0.15, 0.2) is 10.1 Å². The quantitative estimate of drug-likeness (QED) is 0.643. The van der Waals surface area contributed by atoms with Gasteiger partial charge in [0, 0.05) is 5.56 Å². The molecule has 2 aromatic rings. The van der Waals surface area contributed by atoms with Crippen LogP contribution in [0.1, 0.15) is 21.5 Å². The number of amides is 1. The molecule has 1 aliphatic heterocycles. The number of halogens is 1. The molecule has 1 unspecified atom stereocenters. The Labute approximate surface area is 125 Å². The number of hydrogen-bond donors (Lipinski definition) is 1. The number of hydrogen-bond acceptors (Lipinski definition) is 2. The van der Waals surface area contributed by atoms with Crippen LogP contribution >= 0.6 is 15.9 Å². The molecule has 4 heteroatoms. The maximum Gasteiger partial charge on any atom is 0.253 e. The first-order valence-electron chi connectivity index (χ1n) is 6.25. The number of nitrogens with one attached hydrogen (secondary N) is 1. The van der Waals surface area contributed by atoms with E-state index in [0.717, 1.165) is 5.56 Å². The molecule has 2 aromatic carbocycles. The predicted molar refractivity (Wildman–Crippen MR) is 81.2 cm³/mol. The summed E-state index contributed by atoms with van der Waals surface area (Å²) in [6.07, 6.45) is 0. The minimum atomic E-state index is -1.35. The van der Waals surface area contributed by atoms with Gasteiger partial charge in [-0.2, -0.15) is 0 Å². The third-order valence-corrected chi connectivity index (χ3v) is 4.64. The minimum absolute atomic E-state index is 0.234. The largest absolute Gasteiger partial charge is 0.323 e. The zero-order valence-corrected chi connectivity index (χ0v) is 12.4. The number of ketones is 1. The summed E-state index contributed by atoms with van der Waals surface area (Å²) in [5, 5.41) is 2.81. The fraction of sp³-hybridized carbons (Fsp3) is 0.125. The highest BCUT2D eigenvalue weighted by Gasteiger charge is 2.49. The standard InChI is InChI=1S/C16H12BrNO2/c1-10-7-8-12-13(9-10)18-15(20)16(17,14(12)19)11-5-3-2-4-6-11/h2-9H,1H3,(H,18,20). The van der Waals surface area contributed by atoms with Gasteiger partial charge in [-0.1, -0.05) is 52.3 Å². The smallest absolute Gasteiger partial charge is 0.253 e. The van der Waals surface area contributed by atoms with Crippen LogP contribution in [0.25, 0.3) is 0 Å². The van der Waals surface area contributed by atoms with Crippen molar-refractivity contribution in [2.24, 2.45) is 0 Å². The summed E-state index contributed by atoms with van der Waals surface area (Å²) >= 11 is 3.36. The first-order chi connectivity index (χ1) is 9.53. The van der Waals surface area contributed by atoms with Gasteiger partial charge < -0.3 is 5.32 Å². The van der Waals surface area contributed by atoms with Gasteiger partial charge in [-0.3, -0.25) is 9.59 Å². The Balaban J connectivity index is 2.18. The molecule has 0 aromatic heterocycles. The van der Waals surface area contributed by atoms with Crippen LogP contribution < -0.4 is 5.32 Å². The van der Waals surface area contributed by atoms with Gasteiger partial charge in [-0.05, 0) is 30.2 Å². The molecule has 1 heterocycles. The van der Waals surface area contributed by atoms with Gasteiger partial charge in [-0.15, -0.1) is 0 Å². The maximum absolute atomic E-state index is 12.8. The van der Waals surface area contributed by atoms with Gasteiger partial charge in [0.25, 0.3) is 5.91 Å². The molecule has 0 fully saturated rings. The second-order valence-electron chi connectivity index (χ2n) is 4.86. The molecular formula is C16H12BrNO2. The normalized spacial score (nSPS) is 21.3. The lowest BCUT2D eigenvalue weighted by Gasteiger charge is -2.31. The first kappa shape index (κ1) is 13.1. The minimum Gasteiger partial charge on any atom is -0.323 e. The van der Waals surface area contributed by atoms with Crippen LogP contribution in [0.3, 0.4) is 0 Å². The van der Waals surface area contributed by atoms with E-state index >= 15 is 0 Å². The summed E-state index contributed by atoms with van der Waals surface area (Å²) < 4.78 is -1.35. The summed E-state index contributed by atoms with van der Waals surface area (Å²) in [5.74, 6) is -0.589. The highest BCUT2D eigenvalue weighted by Crippen LogP contribution is 2.41. The summed E-state index contributed by atoms with van der Waals surface area (Å²) in [7, 11) is 0. The Morgan fingerprint density at radius 2 is 1.75 bits per heavy atom. The third-order valence-electron chi connectivity index (χ3n) is 3.47. The third kappa shape index (κ3) is 1.79. The molecule has 0 aliphatic carbocycles. The van der Waals surface area contributed by atoms with Crippen LogP contribution in [0.4, 0.5) is 5.69 Å². The van der Waals surface area contributed by atoms with E-state index in [1.807, 2.05) is 37.3 Å². The van der Waals surface area contributed by atoms with Crippen LogP contribution in [0, 0.1) is 6.92 Å². The number of fused-ring (bicyclic) bond motifs is 1. The van der Waals surface area contributed by atoms with E-state index in [1.165, 1.54) is 0 Å². The highest BCUT2D eigenvalue weighted by molar-refractivity contribution is 9.10. The lowest BCUT2D eigenvalue weighted by molar-refractivity contribution is -0.117. The van der Waals surface area contributed by atoms with E-state index in [0.29, 0.717) is 16.8 Å². The molecule has 20 heavy (non-hydrogen) atoms. The zero-order chi connectivity index (χ0) is 14.3. The van der Waals surface area contributed by atoms with Gasteiger partial charge in [-0.25, -0.2) is 0 Å². The summed E-state index contributed by atoms with van der Waals surface area (Å²) in [5.41, 5.74) is 2.73. The SMILES string of the molecule is Cc1ccc2c(c1)NC(=O)C(Br)(c1ccccc1)C2=O.